The number of nitrogens with zero attached hydrogens (tertiary/aromatic N) is 2. The van der Waals surface area contributed by atoms with Crippen LogP contribution in [0.15, 0.2) is 30.9 Å². The zero-order valence-corrected chi connectivity index (χ0v) is 14.7. The van der Waals surface area contributed by atoms with Crippen molar-refractivity contribution < 1.29 is 9.66 Å². The van der Waals surface area contributed by atoms with Crippen LogP contribution in [0.3, 0.4) is 0 Å². The summed E-state index contributed by atoms with van der Waals surface area (Å²) in [4.78, 5) is 13.1. The Kier molecular flexibility index (Phi) is 9.83. The van der Waals surface area contributed by atoms with Gasteiger partial charge in [0.2, 0.25) is 0 Å². The number of benzene rings is 1. The van der Waals surface area contributed by atoms with Gasteiger partial charge in [0.25, 0.3) is 0 Å². The van der Waals surface area contributed by atoms with E-state index in [1.54, 1.807) is 12.1 Å². The average Bonchev–Trinajstić information content (AvgIpc) is 2.52. The number of hydrogen-bond acceptors (Lipinski definition) is 5. The molecule has 6 nitrogen and oxygen atoms in total. The van der Waals surface area contributed by atoms with Gasteiger partial charge in [-0.2, -0.15) is 0 Å². The molecule has 1 aromatic rings. The third-order valence-corrected chi connectivity index (χ3v) is 3.77. The highest BCUT2D eigenvalue weighted by molar-refractivity contribution is 5.85. The van der Waals surface area contributed by atoms with Gasteiger partial charge in [0, 0.05) is 38.3 Å². The number of nitrogens with one attached hydrogen (secondary N) is 1. The Morgan fingerprint density at radius 3 is 2.61 bits per heavy atom. The lowest BCUT2D eigenvalue weighted by Crippen LogP contribution is -2.45. The molecule has 0 spiro atoms. The molecule has 0 radical (unpaired) electrons. The number of ether oxygens (including phenoxy) is 1. The van der Waals surface area contributed by atoms with E-state index in [4.69, 9.17) is 4.74 Å². The molecule has 23 heavy (non-hydrogen) atoms. The largest absolute Gasteiger partial charge is 0.490 e. The van der Waals surface area contributed by atoms with E-state index in [-0.39, 0.29) is 36.5 Å². The van der Waals surface area contributed by atoms with Crippen LogP contribution in [0, 0.1) is 10.1 Å². The van der Waals surface area contributed by atoms with Crippen molar-refractivity contribution in [3.8, 4) is 5.75 Å². The van der Waals surface area contributed by atoms with Crippen LogP contribution in [0.4, 0.5) is 5.69 Å². The molecule has 0 amide bonds. The molecule has 1 aromatic carbocycles. The van der Waals surface area contributed by atoms with Gasteiger partial charge in [-0.1, -0.05) is 12.1 Å². The van der Waals surface area contributed by atoms with E-state index in [9.17, 15) is 10.1 Å². The minimum absolute atomic E-state index is 0. The smallest absolute Gasteiger partial charge is 0.311 e. The molecule has 0 saturated carbocycles. The first-order valence-electron chi connectivity index (χ1n) is 7.05. The standard InChI is InChI=1S/C15H21N3O3.2ClH/c1-3-4-13(17-9-7-16-8-10-17)12-5-6-15(21-2)14(11-12)18(19)20;;/h3,5-6,11,13,16H,1,4,7-10H2,2H3;2*1H/t13-;;/m1../s1. The van der Waals surface area contributed by atoms with Gasteiger partial charge in [0.05, 0.1) is 12.0 Å². The molecule has 0 bridgehead atoms. The fourth-order valence-electron chi connectivity index (χ4n) is 2.70. The summed E-state index contributed by atoms with van der Waals surface area (Å²) in [5.41, 5.74) is 0.948. The monoisotopic (exact) mass is 363 g/mol. The molecule has 8 heteroatoms. The van der Waals surface area contributed by atoms with E-state index < -0.39 is 4.92 Å². The molecule has 1 atom stereocenters. The maximum atomic E-state index is 11.2. The Balaban J connectivity index is 0.00000242. The van der Waals surface area contributed by atoms with Crippen LogP contribution >= 0.6 is 24.8 Å². The van der Waals surface area contributed by atoms with Crippen molar-refractivity contribution in [2.24, 2.45) is 0 Å². The van der Waals surface area contributed by atoms with E-state index in [1.807, 2.05) is 12.1 Å². The zero-order chi connectivity index (χ0) is 15.2. The van der Waals surface area contributed by atoms with E-state index >= 15 is 0 Å². The van der Waals surface area contributed by atoms with Crippen LogP contribution in [0.2, 0.25) is 0 Å². The van der Waals surface area contributed by atoms with Gasteiger partial charge < -0.3 is 10.1 Å². The van der Waals surface area contributed by atoms with E-state index in [0.717, 1.165) is 38.2 Å². The number of rotatable bonds is 6. The summed E-state index contributed by atoms with van der Waals surface area (Å²) >= 11 is 0. The van der Waals surface area contributed by atoms with Crippen LogP contribution < -0.4 is 10.1 Å². The van der Waals surface area contributed by atoms with Gasteiger partial charge in [0.15, 0.2) is 5.75 Å². The number of methoxy groups -OCH3 is 1. The second-order valence-electron chi connectivity index (χ2n) is 5.01. The molecular formula is C15H23Cl2N3O3. The van der Waals surface area contributed by atoms with Crippen LogP contribution in [0.5, 0.6) is 5.75 Å². The lowest BCUT2D eigenvalue weighted by molar-refractivity contribution is -0.385. The SMILES string of the molecule is C=CC[C@H](c1ccc(OC)c([N+](=O)[O-])c1)N1CCNCC1.Cl.Cl. The minimum atomic E-state index is -0.398. The van der Waals surface area contributed by atoms with Gasteiger partial charge >= 0.3 is 5.69 Å². The van der Waals surface area contributed by atoms with Crippen LogP contribution in [-0.2, 0) is 0 Å². The first-order valence-corrected chi connectivity index (χ1v) is 7.05. The van der Waals surface area contributed by atoms with Gasteiger partial charge in [0.1, 0.15) is 0 Å². The summed E-state index contributed by atoms with van der Waals surface area (Å²) < 4.78 is 5.06. The summed E-state index contributed by atoms with van der Waals surface area (Å²) in [6.07, 6.45) is 2.63. The molecule has 2 rings (SSSR count). The highest BCUT2D eigenvalue weighted by atomic mass is 35.5. The van der Waals surface area contributed by atoms with E-state index in [0.29, 0.717) is 5.75 Å². The minimum Gasteiger partial charge on any atom is -0.490 e. The van der Waals surface area contributed by atoms with Crippen molar-refractivity contribution in [1.82, 2.24) is 10.2 Å². The molecule has 1 saturated heterocycles. The predicted molar refractivity (Wildman–Crippen MR) is 96.1 cm³/mol. The molecule has 0 aromatic heterocycles. The van der Waals surface area contributed by atoms with Crippen LogP contribution in [-0.4, -0.2) is 43.1 Å². The molecule has 1 aliphatic heterocycles. The van der Waals surface area contributed by atoms with Crippen LogP contribution in [0.1, 0.15) is 18.0 Å². The molecule has 1 heterocycles. The first kappa shape index (κ1) is 21.7. The van der Waals surface area contributed by atoms with E-state index in [2.05, 4.69) is 16.8 Å². The number of halogens is 2. The van der Waals surface area contributed by atoms with Gasteiger partial charge in [-0.25, -0.2) is 0 Å². The highest BCUT2D eigenvalue weighted by Crippen LogP contribution is 2.33. The summed E-state index contributed by atoms with van der Waals surface area (Å²) in [6, 6.07) is 5.32. The Morgan fingerprint density at radius 1 is 1.43 bits per heavy atom. The summed E-state index contributed by atoms with van der Waals surface area (Å²) in [7, 11) is 1.44. The molecule has 130 valence electrons. The molecular weight excluding hydrogens is 341 g/mol. The number of hydrogen-bond donors (Lipinski definition) is 1. The van der Waals surface area contributed by atoms with Gasteiger partial charge in [-0.15, -0.1) is 31.4 Å². The van der Waals surface area contributed by atoms with Crippen LogP contribution in [0.25, 0.3) is 0 Å². The van der Waals surface area contributed by atoms with E-state index in [1.165, 1.54) is 7.11 Å². The molecule has 1 fully saturated rings. The Bertz CT molecular complexity index is 523. The molecule has 0 aliphatic carbocycles. The third-order valence-electron chi connectivity index (χ3n) is 3.77. The fourth-order valence-corrected chi connectivity index (χ4v) is 2.70. The fraction of sp³-hybridized carbons (Fsp3) is 0.467. The molecule has 0 unspecified atom stereocenters. The Hall–Kier alpha value is -1.34. The first-order chi connectivity index (χ1) is 10.2. The van der Waals surface area contributed by atoms with Gasteiger partial charge in [-0.05, 0) is 18.1 Å². The van der Waals surface area contributed by atoms with Crippen molar-refractivity contribution in [3.05, 3.63) is 46.5 Å². The number of nitro groups is 1. The van der Waals surface area contributed by atoms with Crippen molar-refractivity contribution in [1.29, 1.82) is 0 Å². The number of nitro benzene ring substituents is 1. The maximum absolute atomic E-state index is 11.2. The number of piperazine rings is 1. The Morgan fingerprint density at radius 2 is 2.09 bits per heavy atom. The van der Waals surface area contributed by atoms with Crippen molar-refractivity contribution >= 4 is 30.5 Å². The lowest BCUT2D eigenvalue weighted by Gasteiger charge is -2.34. The molecule has 1 N–H and O–H groups in total. The average molecular weight is 364 g/mol. The molecule has 1 aliphatic rings. The third kappa shape index (κ3) is 5.35. The Labute approximate surface area is 148 Å². The van der Waals surface area contributed by atoms with Crippen molar-refractivity contribution in [3.63, 3.8) is 0 Å². The lowest BCUT2D eigenvalue weighted by atomic mass is 10.00. The summed E-state index contributed by atoms with van der Waals surface area (Å²) in [5.74, 6) is 0.293. The second-order valence-corrected chi connectivity index (χ2v) is 5.01. The summed E-state index contributed by atoms with van der Waals surface area (Å²) in [5, 5.41) is 14.5. The van der Waals surface area contributed by atoms with Gasteiger partial charge in [-0.3, -0.25) is 15.0 Å². The normalized spacial score (nSPS) is 15.7. The second kappa shape index (κ2) is 10.4. The van der Waals surface area contributed by atoms with Crippen molar-refractivity contribution in [2.45, 2.75) is 12.5 Å². The highest BCUT2D eigenvalue weighted by Gasteiger charge is 2.24. The summed E-state index contributed by atoms with van der Waals surface area (Å²) in [6.45, 7) is 7.54. The quantitative estimate of drug-likeness (QED) is 0.478. The zero-order valence-electron chi connectivity index (χ0n) is 13.1. The predicted octanol–water partition coefficient (Wildman–Crippen LogP) is 2.97. The van der Waals surface area contributed by atoms with Crippen molar-refractivity contribution in [2.75, 3.05) is 33.3 Å². The maximum Gasteiger partial charge on any atom is 0.311 e. The topological polar surface area (TPSA) is 67.6 Å².